The van der Waals surface area contributed by atoms with Gasteiger partial charge in [-0.1, -0.05) is 29.3 Å². The number of anilines is 1. The van der Waals surface area contributed by atoms with Gasteiger partial charge in [-0.15, -0.1) is 0 Å². The molecule has 0 spiro atoms. The number of nitrogens with zero attached hydrogens (tertiary/aromatic N) is 1. The van der Waals surface area contributed by atoms with E-state index in [0.29, 0.717) is 16.3 Å². The number of hydrogen-bond donors (Lipinski definition) is 2. The maximum atomic E-state index is 12.6. The molecule has 0 atom stereocenters. The molecule has 2 amide bonds. The third kappa shape index (κ3) is 4.44. The van der Waals surface area contributed by atoms with Crippen LogP contribution in [-0.4, -0.2) is 23.3 Å². The van der Waals surface area contributed by atoms with Gasteiger partial charge in [0.15, 0.2) is 0 Å². The van der Waals surface area contributed by atoms with E-state index >= 15 is 0 Å². The molecule has 0 aliphatic rings. The van der Waals surface area contributed by atoms with E-state index in [-0.39, 0.29) is 18.4 Å². The molecule has 0 bridgehead atoms. The first-order valence-electron chi connectivity index (χ1n) is 8.55. The van der Waals surface area contributed by atoms with Gasteiger partial charge in [0.1, 0.15) is 0 Å². The number of pyridine rings is 1. The van der Waals surface area contributed by atoms with Crippen LogP contribution in [0.1, 0.15) is 27.2 Å². The fourth-order valence-corrected chi connectivity index (χ4v) is 3.11. The Kier molecular flexibility index (Phi) is 5.42. The first-order valence-corrected chi connectivity index (χ1v) is 8.93. The monoisotopic (exact) mass is 381 g/mol. The first kappa shape index (κ1) is 18.9. The molecule has 0 aliphatic carbocycles. The number of fused-ring (bicyclic) bond motifs is 1. The highest BCUT2D eigenvalue weighted by Gasteiger charge is 2.14. The number of amides is 2. The van der Waals surface area contributed by atoms with Crippen molar-refractivity contribution in [2.45, 2.75) is 20.8 Å². The summed E-state index contributed by atoms with van der Waals surface area (Å²) in [4.78, 5) is 29.3. The lowest BCUT2D eigenvalue weighted by Crippen LogP contribution is -2.33. The Bertz CT molecular complexity index is 1050. The minimum atomic E-state index is -0.347. The minimum absolute atomic E-state index is 0.155. The Labute approximate surface area is 162 Å². The van der Waals surface area contributed by atoms with Crippen LogP contribution in [-0.2, 0) is 4.79 Å². The number of aryl methyl sites for hydroxylation is 3. The van der Waals surface area contributed by atoms with Crippen molar-refractivity contribution in [1.29, 1.82) is 0 Å². The van der Waals surface area contributed by atoms with Crippen molar-refractivity contribution in [1.82, 2.24) is 10.3 Å². The number of rotatable bonds is 4. The maximum absolute atomic E-state index is 12.6. The fourth-order valence-electron chi connectivity index (χ4n) is 2.83. The second-order valence-electron chi connectivity index (χ2n) is 6.55. The van der Waals surface area contributed by atoms with Crippen LogP contribution >= 0.6 is 11.6 Å². The Morgan fingerprint density at radius 2 is 1.70 bits per heavy atom. The van der Waals surface area contributed by atoms with Crippen molar-refractivity contribution in [2.24, 2.45) is 0 Å². The van der Waals surface area contributed by atoms with Gasteiger partial charge in [0, 0.05) is 11.1 Å². The van der Waals surface area contributed by atoms with Gasteiger partial charge in [-0.3, -0.25) is 14.6 Å². The van der Waals surface area contributed by atoms with Crippen LogP contribution in [0.2, 0.25) is 5.02 Å². The Balaban J connectivity index is 1.73. The van der Waals surface area contributed by atoms with E-state index in [4.69, 9.17) is 11.6 Å². The Morgan fingerprint density at radius 1 is 1.00 bits per heavy atom. The van der Waals surface area contributed by atoms with Gasteiger partial charge in [0.05, 0.1) is 28.3 Å². The minimum Gasteiger partial charge on any atom is -0.343 e. The van der Waals surface area contributed by atoms with Gasteiger partial charge in [-0.05, 0) is 56.7 Å². The predicted octanol–water partition coefficient (Wildman–Crippen LogP) is 4.18. The summed E-state index contributed by atoms with van der Waals surface area (Å²) in [5.41, 5.74) is 4.55. The Hall–Kier alpha value is -2.92. The van der Waals surface area contributed by atoms with Crippen LogP contribution in [0, 0.1) is 20.8 Å². The zero-order valence-electron chi connectivity index (χ0n) is 15.4. The summed E-state index contributed by atoms with van der Waals surface area (Å²) >= 11 is 6.12. The molecule has 1 heterocycles. The lowest BCUT2D eigenvalue weighted by atomic mass is 10.0. The van der Waals surface area contributed by atoms with E-state index < -0.39 is 0 Å². The third-order valence-corrected chi connectivity index (χ3v) is 4.46. The zero-order valence-corrected chi connectivity index (χ0v) is 16.1. The average Bonchev–Trinajstić information content (AvgIpc) is 2.61. The molecular formula is C21H20ClN3O2. The highest BCUT2D eigenvalue weighted by atomic mass is 35.5. The molecule has 0 saturated carbocycles. The summed E-state index contributed by atoms with van der Waals surface area (Å²) < 4.78 is 0. The number of nitrogens with one attached hydrogen (secondary N) is 2. The van der Waals surface area contributed by atoms with Crippen LogP contribution < -0.4 is 10.6 Å². The molecule has 0 aliphatic heterocycles. The average molecular weight is 382 g/mol. The molecule has 0 unspecified atom stereocenters. The maximum Gasteiger partial charge on any atom is 0.252 e. The number of carbonyl (C=O) groups excluding carboxylic acids is 2. The Morgan fingerprint density at radius 3 is 2.44 bits per heavy atom. The highest BCUT2D eigenvalue weighted by Crippen LogP contribution is 2.23. The summed E-state index contributed by atoms with van der Waals surface area (Å²) in [6.07, 6.45) is 0. The molecule has 0 fully saturated rings. The van der Waals surface area contributed by atoms with Crippen molar-refractivity contribution in [2.75, 3.05) is 11.9 Å². The van der Waals surface area contributed by atoms with Crippen molar-refractivity contribution < 1.29 is 9.59 Å². The summed E-state index contributed by atoms with van der Waals surface area (Å²) in [5, 5.41) is 6.59. The van der Waals surface area contributed by atoms with Gasteiger partial charge < -0.3 is 10.6 Å². The van der Waals surface area contributed by atoms with Crippen LogP contribution in [0.4, 0.5) is 5.69 Å². The predicted molar refractivity (Wildman–Crippen MR) is 108 cm³/mol. The van der Waals surface area contributed by atoms with Crippen LogP contribution in [0.25, 0.3) is 10.9 Å². The molecule has 0 radical (unpaired) electrons. The first-order chi connectivity index (χ1) is 12.8. The lowest BCUT2D eigenvalue weighted by molar-refractivity contribution is -0.115. The standard InChI is InChI=1S/C21H20ClN3O2/c1-12-4-6-18-15(8-12)16(10-14(3)24-18)21(27)23-11-20(26)25-19-7-5-13(2)9-17(19)22/h4-10H,11H2,1-3H3,(H,23,27)(H,25,26). The lowest BCUT2D eigenvalue weighted by Gasteiger charge is -2.11. The molecule has 1 aromatic heterocycles. The SMILES string of the molecule is Cc1ccc(NC(=O)CNC(=O)c2cc(C)nc3ccc(C)cc23)c(Cl)c1. The van der Waals surface area contributed by atoms with E-state index in [9.17, 15) is 9.59 Å². The largest absolute Gasteiger partial charge is 0.343 e. The second kappa shape index (κ2) is 7.76. The van der Waals surface area contributed by atoms with E-state index in [1.165, 1.54) is 0 Å². The van der Waals surface area contributed by atoms with E-state index in [2.05, 4.69) is 15.6 Å². The number of aromatic nitrogens is 1. The van der Waals surface area contributed by atoms with Crippen LogP contribution in [0.3, 0.4) is 0 Å². The fraction of sp³-hybridized carbons (Fsp3) is 0.190. The molecular weight excluding hydrogens is 362 g/mol. The van der Waals surface area contributed by atoms with Gasteiger partial charge in [0.25, 0.3) is 5.91 Å². The number of carbonyl (C=O) groups is 2. The molecule has 2 aromatic carbocycles. The number of hydrogen-bond acceptors (Lipinski definition) is 3. The summed E-state index contributed by atoms with van der Waals surface area (Å²) in [7, 11) is 0. The number of halogens is 1. The van der Waals surface area contributed by atoms with E-state index in [1.807, 2.05) is 45.0 Å². The summed E-state index contributed by atoms with van der Waals surface area (Å²) in [6, 6.07) is 12.8. The highest BCUT2D eigenvalue weighted by molar-refractivity contribution is 6.33. The second-order valence-corrected chi connectivity index (χ2v) is 6.95. The number of benzene rings is 2. The van der Waals surface area contributed by atoms with Crippen molar-refractivity contribution in [3.05, 3.63) is 69.9 Å². The molecule has 138 valence electrons. The van der Waals surface area contributed by atoms with Crippen molar-refractivity contribution >= 4 is 40.0 Å². The molecule has 3 aromatic rings. The normalized spacial score (nSPS) is 10.7. The topological polar surface area (TPSA) is 71.1 Å². The zero-order chi connectivity index (χ0) is 19.6. The van der Waals surface area contributed by atoms with Gasteiger partial charge in [-0.2, -0.15) is 0 Å². The van der Waals surface area contributed by atoms with Gasteiger partial charge >= 0.3 is 0 Å². The van der Waals surface area contributed by atoms with E-state index in [1.54, 1.807) is 18.2 Å². The summed E-state index contributed by atoms with van der Waals surface area (Å²) in [6.45, 7) is 5.56. The molecule has 5 nitrogen and oxygen atoms in total. The molecule has 2 N–H and O–H groups in total. The quantitative estimate of drug-likeness (QED) is 0.712. The van der Waals surface area contributed by atoms with Gasteiger partial charge in [0.2, 0.25) is 5.91 Å². The molecule has 27 heavy (non-hydrogen) atoms. The molecule has 6 heteroatoms. The van der Waals surface area contributed by atoms with Gasteiger partial charge in [-0.25, -0.2) is 0 Å². The molecule has 3 rings (SSSR count). The van der Waals surface area contributed by atoms with Crippen molar-refractivity contribution in [3.8, 4) is 0 Å². The van der Waals surface area contributed by atoms with E-state index in [0.717, 1.165) is 27.7 Å². The van der Waals surface area contributed by atoms with Crippen molar-refractivity contribution in [3.63, 3.8) is 0 Å². The summed E-state index contributed by atoms with van der Waals surface area (Å²) in [5.74, 6) is -0.665. The van der Waals surface area contributed by atoms with Crippen LogP contribution in [0.5, 0.6) is 0 Å². The van der Waals surface area contributed by atoms with Crippen LogP contribution in [0.15, 0.2) is 42.5 Å². The molecule has 0 saturated heterocycles. The smallest absolute Gasteiger partial charge is 0.252 e. The third-order valence-electron chi connectivity index (χ3n) is 4.15.